The number of rotatable bonds is 7. The van der Waals surface area contributed by atoms with Gasteiger partial charge in [-0.1, -0.05) is 37.5 Å². The summed E-state index contributed by atoms with van der Waals surface area (Å²) < 4.78 is 16.0. The number of amides is 1. The number of ether oxygens (including phenoxy) is 2. The molecule has 1 saturated carbocycles. The van der Waals surface area contributed by atoms with Gasteiger partial charge >= 0.3 is 5.97 Å². The zero-order chi connectivity index (χ0) is 18.2. The van der Waals surface area contributed by atoms with Crippen LogP contribution < -0.4 is 10.1 Å². The molecule has 1 heterocycles. The molecule has 3 rings (SSSR count). The standard InChI is InChI=1S/C20H23NO5/c22-19(21-15-7-3-1-4-8-15)14-25-20(23)18-12-11-17(26-18)13-24-16-9-5-2-6-10-16/h2,5-6,9-12,15H,1,3-4,7-8,13-14H2,(H,21,22). The van der Waals surface area contributed by atoms with Crippen molar-refractivity contribution in [1.82, 2.24) is 5.32 Å². The molecule has 1 amide bonds. The quantitative estimate of drug-likeness (QED) is 0.768. The Kier molecular flexibility index (Phi) is 6.30. The molecule has 138 valence electrons. The van der Waals surface area contributed by atoms with Crippen LogP contribution in [0.1, 0.15) is 48.4 Å². The predicted molar refractivity (Wildman–Crippen MR) is 94.8 cm³/mol. The van der Waals surface area contributed by atoms with E-state index in [0.29, 0.717) is 11.5 Å². The Morgan fingerprint density at radius 1 is 1.04 bits per heavy atom. The van der Waals surface area contributed by atoms with E-state index >= 15 is 0 Å². The van der Waals surface area contributed by atoms with Crippen LogP contribution in [0.5, 0.6) is 5.75 Å². The van der Waals surface area contributed by atoms with Gasteiger partial charge in [-0.2, -0.15) is 0 Å². The summed E-state index contributed by atoms with van der Waals surface area (Å²) in [6, 6.07) is 12.7. The van der Waals surface area contributed by atoms with E-state index in [9.17, 15) is 9.59 Å². The van der Waals surface area contributed by atoms with Gasteiger partial charge in [-0.25, -0.2) is 4.79 Å². The zero-order valence-electron chi connectivity index (χ0n) is 14.6. The van der Waals surface area contributed by atoms with E-state index in [4.69, 9.17) is 13.9 Å². The molecule has 0 saturated heterocycles. The van der Waals surface area contributed by atoms with Crippen molar-refractivity contribution in [2.24, 2.45) is 0 Å². The van der Waals surface area contributed by atoms with E-state index in [2.05, 4.69) is 5.32 Å². The second-order valence-corrected chi connectivity index (χ2v) is 6.35. The number of carbonyl (C=O) groups is 2. The van der Waals surface area contributed by atoms with Crippen LogP contribution in [0, 0.1) is 0 Å². The van der Waals surface area contributed by atoms with Crippen molar-refractivity contribution in [1.29, 1.82) is 0 Å². The van der Waals surface area contributed by atoms with Crippen LogP contribution in [0.25, 0.3) is 0 Å². The fraction of sp³-hybridized carbons (Fsp3) is 0.400. The van der Waals surface area contributed by atoms with Crippen LogP contribution in [0.3, 0.4) is 0 Å². The van der Waals surface area contributed by atoms with E-state index < -0.39 is 5.97 Å². The van der Waals surface area contributed by atoms with Gasteiger partial charge in [0, 0.05) is 6.04 Å². The molecule has 0 bridgehead atoms. The molecule has 1 aromatic carbocycles. The molecule has 26 heavy (non-hydrogen) atoms. The predicted octanol–water partition coefficient (Wildman–Crippen LogP) is 3.46. The van der Waals surface area contributed by atoms with Crippen molar-refractivity contribution in [3.63, 3.8) is 0 Å². The van der Waals surface area contributed by atoms with Crippen LogP contribution >= 0.6 is 0 Å². The van der Waals surface area contributed by atoms with E-state index in [1.807, 2.05) is 30.3 Å². The lowest BCUT2D eigenvalue weighted by molar-refractivity contribution is -0.125. The summed E-state index contributed by atoms with van der Waals surface area (Å²) in [4.78, 5) is 23.9. The Morgan fingerprint density at radius 3 is 2.58 bits per heavy atom. The van der Waals surface area contributed by atoms with E-state index in [1.165, 1.54) is 12.5 Å². The first-order chi connectivity index (χ1) is 12.7. The maximum absolute atomic E-state index is 12.0. The van der Waals surface area contributed by atoms with Crippen molar-refractivity contribution < 1.29 is 23.5 Å². The maximum atomic E-state index is 12.0. The molecular weight excluding hydrogens is 334 g/mol. The van der Waals surface area contributed by atoms with Gasteiger partial charge in [0.15, 0.2) is 6.61 Å². The highest BCUT2D eigenvalue weighted by Gasteiger charge is 2.18. The molecule has 0 atom stereocenters. The molecule has 1 aromatic heterocycles. The van der Waals surface area contributed by atoms with Crippen molar-refractivity contribution in [3.05, 3.63) is 54.0 Å². The largest absolute Gasteiger partial charge is 0.486 e. The first kappa shape index (κ1) is 18.0. The van der Waals surface area contributed by atoms with Gasteiger partial charge in [-0.15, -0.1) is 0 Å². The summed E-state index contributed by atoms with van der Waals surface area (Å²) in [6.07, 6.45) is 5.46. The number of nitrogens with one attached hydrogen (secondary N) is 1. The Balaban J connectivity index is 1.41. The highest BCUT2D eigenvalue weighted by Crippen LogP contribution is 2.17. The number of hydrogen-bond donors (Lipinski definition) is 1. The molecule has 6 heteroatoms. The highest BCUT2D eigenvalue weighted by molar-refractivity contribution is 5.88. The van der Waals surface area contributed by atoms with Crippen LogP contribution in [0.4, 0.5) is 0 Å². The summed E-state index contributed by atoms with van der Waals surface area (Å²) in [5.74, 6) is 0.348. The number of carbonyl (C=O) groups excluding carboxylic acids is 2. The van der Waals surface area contributed by atoms with E-state index in [1.54, 1.807) is 6.07 Å². The molecule has 1 aliphatic carbocycles. The first-order valence-electron chi connectivity index (χ1n) is 8.94. The third kappa shape index (κ3) is 5.37. The van der Waals surface area contributed by atoms with Crippen LogP contribution in [0.15, 0.2) is 46.9 Å². The van der Waals surface area contributed by atoms with Crippen molar-refractivity contribution in [3.8, 4) is 5.75 Å². The smallest absolute Gasteiger partial charge is 0.374 e. The van der Waals surface area contributed by atoms with Crippen LogP contribution in [-0.4, -0.2) is 24.5 Å². The zero-order valence-corrected chi connectivity index (χ0v) is 14.6. The summed E-state index contributed by atoms with van der Waals surface area (Å²) in [5.41, 5.74) is 0. The summed E-state index contributed by atoms with van der Waals surface area (Å²) in [6.45, 7) is -0.0919. The Labute approximate surface area is 152 Å². The van der Waals surface area contributed by atoms with Gasteiger partial charge in [-0.3, -0.25) is 4.79 Å². The molecule has 6 nitrogen and oxygen atoms in total. The van der Waals surface area contributed by atoms with Crippen LogP contribution in [0.2, 0.25) is 0 Å². The molecule has 2 aromatic rings. The second-order valence-electron chi connectivity index (χ2n) is 6.35. The van der Waals surface area contributed by atoms with Gasteiger partial charge in [0.2, 0.25) is 5.76 Å². The third-order valence-corrected chi connectivity index (χ3v) is 4.29. The minimum Gasteiger partial charge on any atom is -0.486 e. The molecule has 1 aliphatic rings. The van der Waals surface area contributed by atoms with Crippen molar-refractivity contribution in [2.75, 3.05) is 6.61 Å². The van der Waals surface area contributed by atoms with E-state index in [0.717, 1.165) is 25.7 Å². The van der Waals surface area contributed by atoms with Gasteiger partial charge < -0.3 is 19.2 Å². The highest BCUT2D eigenvalue weighted by atomic mass is 16.6. The first-order valence-corrected chi connectivity index (χ1v) is 8.94. The number of furan rings is 1. The number of para-hydroxylation sites is 1. The molecule has 0 spiro atoms. The van der Waals surface area contributed by atoms with Crippen LogP contribution in [-0.2, 0) is 16.1 Å². The summed E-state index contributed by atoms with van der Waals surface area (Å²) in [5, 5.41) is 2.90. The van der Waals surface area contributed by atoms with Crippen molar-refractivity contribution in [2.45, 2.75) is 44.8 Å². The number of esters is 1. The van der Waals surface area contributed by atoms with Crippen molar-refractivity contribution >= 4 is 11.9 Å². The normalized spacial score (nSPS) is 14.6. The lowest BCUT2D eigenvalue weighted by Gasteiger charge is -2.22. The van der Waals surface area contributed by atoms with Gasteiger partial charge in [0.25, 0.3) is 5.91 Å². The topological polar surface area (TPSA) is 77.8 Å². The summed E-state index contributed by atoms with van der Waals surface area (Å²) >= 11 is 0. The van der Waals surface area contributed by atoms with Gasteiger partial charge in [0.1, 0.15) is 18.1 Å². The molecule has 0 radical (unpaired) electrons. The molecular formula is C20H23NO5. The third-order valence-electron chi connectivity index (χ3n) is 4.29. The lowest BCUT2D eigenvalue weighted by atomic mass is 9.95. The van der Waals surface area contributed by atoms with Gasteiger partial charge in [-0.05, 0) is 37.1 Å². The number of benzene rings is 1. The Bertz CT molecular complexity index is 719. The fourth-order valence-corrected chi connectivity index (χ4v) is 2.95. The molecule has 0 aliphatic heterocycles. The second kappa shape index (κ2) is 9.08. The fourth-order valence-electron chi connectivity index (χ4n) is 2.95. The average molecular weight is 357 g/mol. The lowest BCUT2D eigenvalue weighted by Crippen LogP contribution is -2.38. The molecule has 0 unspecified atom stereocenters. The van der Waals surface area contributed by atoms with Gasteiger partial charge in [0.05, 0.1) is 0 Å². The SMILES string of the molecule is O=C(COC(=O)c1ccc(COc2ccccc2)o1)NC1CCCCC1. The summed E-state index contributed by atoms with van der Waals surface area (Å²) in [7, 11) is 0. The Morgan fingerprint density at radius 2 is 1.81 bits per heavy atom. The number of hydrogen-bond acceptors (Lipinski definition) is 5. The Hall–Kier alpha value is -2.76. The minimum absolute atomic E-state index is 0.0575. The average Bonchev–Trinajstić information content (AvgIpc) is 3.15. The minimum atomic E-state index is -0.658. The molecule has 1 fully saturated rings. The monoisotopic (exact) mass is 357 g/mol. The maximum Gasteiger partial charge on any atom is 0.374 e. The molecule has 1 N–H and O–H groups in total. The van der Waals surface area contributed by atoms with E-state index in [-0.39, 0.29) is 30.9 Å².